The van der Waals surface area contributed by atoms with Crippen LogP contribution in [0.2, 0.25) is 0 Å². The molecule has 54 heavy (non-hydrogen) atoms. The third-order valence-corrected chi connectivity index (χ3v) is 12.9. The number of hydrogen-bond acceptors (Lipinski definition) is 8. The first-order chi connectivity index (χ1) is 26.5. The molecule has 10 nitrogen and oxygen atoms in total. The Hall–Kier alpha value is -4.55. The summed E-state index contributed by atoms with van der Waals surface area (Å²) in [6, 6.07) is 34.3. The third kappa shape index (κ3) is 7.55. The van der Waals surface area contributed by atoms with Gasteiger partial charge in [0.05, 0.1) is 24.5 Å². The zero-order chi connectivity index (χ0) is 36.5. The zero-order valence-electron chi connectivity index (χ0n) is 30.2. The smallest absolute Gasteiger partial charge is 0.315 e. The molecule has 0 unspecified atom stereocenters. The van der Waals surface area contributed by atoms with Gasteiger partial charge in [0.2, 0.25) is 5.16 Å². The Labute approximate surface area is 320 Å². The molecule has 2 heterocycles. The number of nitrogens with one attached hydrogen (secondary N) is 2. The van der Waals surface area contributed by atoms with Crippen LogP contribution in [0.5, 0.6) is 0 Å². The molecule has 5 fully saturated rings. The van der Waals surface area contributed by atoms with Gasteiger partial charge in [-0.15, -0.1) is 5.10 Å². The molecule has 1 aromatic heterocycles. The Balaban J connectivity index is 0.888. The highest BCUT2D eigenvalue weighted by molar-refractivity contribution is 7.99. The number of hydrogen-bond donors (Lipinski definition) is 3. The molecule has 5 aliphatic rings. The predicted octanol–water partition coefficient (Wildman–Crippen LogP) is 7.93. The first kappa shape index (κ1) is 35.2. The minimum absolute atomic E-state index is 0.00643. The minimum Gasteiger partial charge on any atom is -0.392 e. The van der Waals surface area contributed by atoms with E-state index in [0.717, 1.165) is 76.1 Å². The highest BCUT2D eigenvalue weighted by atomic mass is 32.2. The number of tetrazole rings is 1. The highest BCUT2D eigenvalue weighted by Crippen LogP contribution is 2.55. The maximum Gasteiger partial charge on any atom is 0.315 e. The van der Waals surface area contributed by atoms with Gasteiger partial charge in [0.25, 0.3) is 0 Å². The summed E-state index contributed by atoms with van der Waals surface area (Å²) in [6.45, 7) is 0.447. The van der Waals surface area contributed by atoms with Crippen molar-refractivity contribution in [2.75, 3.05) is 5.75 Å². The fourth-order valence-corrected chi connectivity index (χ4v) is 10.6. The molecule has 4 aromatic carbocycles. The standard InChI is InChI=1S/C43H46N6O4S/c50-26-28-10-12-33(13-11-28)39-21-37(27-54-42-46-47-48-49(42)36-7-2-1-3-8-36)52-40(53-39)34-16-14-32(15-17-34)38-9-5-4-6-35(38)25-44-41(51)45-43-22-29-18-30(23-43)20-31(19-29)24-43/h1-17,29-31,37,39-40,50H,18-27H2,(H2,44,45,51)/t29?,30?,31?,37-,39+,40+,43?/m1/s1. The SMILES string of the molecule is O=C(NCc1ccccc1-c1ccc([C@H]2O[C@@H](CSc3nnnn3-c3ccccc3)C[C@@H](c3ccc(CO)cc3)O2)cc1)NC12CC3CC(CC(C3)C1)C2. The number of rotatable bonds is 11. The number of aliphatic hydroxyl groups excluding tert-OH is 1. The molecule has 1 saturated heterocycles. The molecule has 11 heteroatoms. The zero-order valence-corrected chi connectivity index (χ0v) is 31.0. The van der Waals surface area contributed by atoms with Crippen LogP contribution in [-0.2, 0) is 22.6 Å². The van der Waals surface area contributed by atoms with Gasteiger partial charge in [-0.1, -0.05) is 103 Å². The first-order valence-corrected chi connectivity index (χ1v) is 20.2. The van der Waals surface area contributed by atoms with E-state index in [4.69, 9.17) is 9.47 Å². The average molecular weight is 743 g/mol. The lowest BCUT2D eigenvalue weighted by Gasteiger charge is -2.56. The molecule has 5 aromatic rings. The molecule has 4 saturated carbocycles. The van der Waals surface area contributed by atoms with Gasteiger partial charge in [-0.3, -0.25) is 0 Å². The van der Waals surface area contributed by atoms with E-state index in [-0.39, 0.29) is 30.4 Å². The summed E-state index contributed by atoms with van der Waals surface area (Å²) in [5.74, 6) is 2.98. The van der Waals surface area contributed by atoms with Crippen molar-refractivity contribution >= 4 is 17.8 Å². The number of carbonyl (C=O) groups is 1. The number of nitrogens with zero attached hydrogens (tertiary/aromatic N) is 4. The number of carbonyl (C=O) groups excluding carboxylic acids is 1. The van der Waals surface area contributed by atoms with Crippen molar-refractivity contribution in [3.8, 4) is 16.8 Å². The van der Waals surface area contributed by atoms with E-state index in [1.807, 2.05) is 66.7 Å². The molecule has 4 aliphatic carbocycles. The maximum absolute atomic E-state index is 13.3. The maximum atomic E-state index is 13.3. The number of aromatic nitrogens is 4. The average Bonchev–Trinajstić information content (AvgIpc) is 3.68. The van der Waals surface area contributed by atoms with Crippen LogP contribution in [0.25, 0.3) is 16.8 Å². The van der Waals surface area contributed by atoms with Crippen LogP contribution in [0.15, 0.2) is 108 Å². The first-order valence-electron chi connectivity index (χ1n) is 19.2. The van der Waals surface area contributed by atoms with E-state index in [0.29, 0.717) is 23.9 Å². The summed E-state index contributed by atoms with van der Waals surface area (Å²) in [7, 11) is 0. The van der Waals surface area contributed by atoms with Crippen molar-refractivity contribution in [1.29, 1.82) is 0 Å². The van der Waals surface area contributed by atoms with E-state index < -0.39 is 6.29 Å². The summed E-state index contributed by atoms with van der Waals surface area (Å²) >= 11 is 1.56. The van der Waals surface area contributed by atoms with Crippen LogP contribution in [0.3, 0.4) is 0 Å². The lowest BCUT2D eigenvalue weighted by molar-refractivity contribution is -0.245. The van der Waals surface area contributed by atoms with Gasteiger partial charge in [-0.2, -0.15) is 4.68 Å². The Morgan fingerprint density at radius 2 is 1.50 bits per heavy atom. The van der Waals surface area contributed by atoms with Gasteiger partial charge < -0.3 is 25.2 Å². The topological polar surface area (TPSA) is 123 Å². The van der Waals surface area contributed by atoms with Crippen LogP contribution < -0.4 is 10.6 Å². The van der Waals surface area contributed by atoms with E-state index in [2.05, 4.69) is 62.6 Å². The summed E-state index contributed by atoms with van der Waals surface area (Å²) in [6.07, 6.45) is 7.18. The van der Waals surface area contributed by atoms with Crippen molar-refractivity contribution in [1.82, 2.24) is 30.8 Å². The van der Waals surface area contributed by atoms with Crippen LogP contribution >= 0.6 is 11.8 Å². The molecule has 0 spiro atoms. The largest absolute Gasteiger partial charge is 0.392 e. The number of thioether (sulfide) groups is 1. The van der Waals surface area contributed by atoms with E-state index >= 15 is 0 Å². The Bertz CT molecular complexity index is 2020. The van der Waals surface area contributed by atoms with Gasteiger partial charge in [-0.05, 0) is 107 Å². The van der Waals surface area contributed by atoms with Gasteiger partial charge in [0, 0.05) is 29.8 Å². The molecule has 3 N–H and O–H groups in total. The van der Waals surface area contributed by atoms with Crippen LogP contribution in [0.4, 0.5) is 4.79 Å². The van der Waals surface area contributed by atoms with Crippen molar-refractivity contribution in [3.05, 3.63) is 125 Å². The van der Waals surface area contributed by atoms with Crippen LogP contribution in [-0.4, -0.2) is 48.7 Å². The lowest BCUT2D eigenvalue weighted by Crippen LogP contribution is -2.61. The fourth-order valence-electron chi connectivity index (χ4n) is 9.69. The van der Waals surface area contributed by atoms with Crippen molar-refractivity contribution < 1.29 is 19.4 Å². The highest BCUT2D eigenvalue weighted by Gasteiger charge is 2.51. The third-order valence-electron chi connectivity index (χ3n) is 11.8. The van der Waals surface area contributed by atoms with Crippen molar-refractivity contribution in [2.24, 2.45) is 17.8 Å². The second kappa shape index (κ2) is 15.3. The normalized spacial score (nSPS) is 27.1. The van der Waals surface area contributed by atoms with Crippen molar-refractivity contribution in [2.45, 2.75) is 87.3 Å². The predicted molar refractivity (Wildman–Crippen MR) is 206 cm³/mol. The number of urea groups is 1. The summed E-state index contributed by atoms with van der Waals surface area (Å²) in [5.41, 5.74) is 6.90. The van der Waals surface area contributed by atoms with E-state index in [1.165, 1.54) is 19.3 Å². The van der Waals surface area contributed by atoms with E-state index in [1.54, 1.807) is 16.4 Å². The summed E-state index contributed by atoms with van der Waals surface area (Å²) in [5, 5.41) is 29.4. The Kier molecular flexibility index (Phi) is 9.96. The van der Waals surface area contributed by atoms with Crippen LogP contribution in [0.1, 0.15) is 79.6 Å². The minimum atomic E-state index is -0.587. The molecule has 1 aliphatic heterocycles. The molecular formula is C43H46N6O4S. The molecular weight excluding hydrogens is 697 g/mol. The molecule has 0 radical (unpaired) electrons. The monoisotopic (exact) mass is 742 g/mol. The number of para-hydroxylation sites is 1. The number of amides is 2. The second-order valence-corrected chi connectivity index (χ2v) is 16.6. The van der Waals surface area contributed by atoms with Crippen LogP contribution in [0, 0.1) is 17.8 Å². The quantitative estimate of drug-likeness (QED) is 0.117. The van der Waals surface area contributed by atoms with Gasteiger partial charge in [-0.25, -0.2) is 4.79 Å². The lowest BCUT2D eigenvalue weighted by atomic mass is 9.53. The molecule has 3 atom stereocenters. The molecule has 10 rings (SSSR count). The molecule has 4 bridgehead atoms. The Morgan fingerprint density at radius 1 is 0.815 bits per heavy atom. The summed E-state index contributed by atoms with van der Waals surface area (Å²) in [4.78, 5) is 13.3. The van der Waals surface area contributed by atoms with E-state index in [9.17, 15) is 9.90 Å². The fraction of sp³-hybridized carbons (Fsp3) is 0.395. The number of ether oxygens (including phenoxy) is 2. The second-order valence-electron chi connectivity index (χ2n) is 15.7. The molecule has 2 amide bonds. The molecule has 278 valence electrons. The van der Waals surface area contributed by atoms with Gasteiger partial charge >= 0.3 is 6.03 Å². The number of aliphatic hydroxyl groups is 1. The van der Waals surface area contributed by atoms with Crippen molar-refractivity contribution in [3.63, 3.8) is 0 Å². The van der Waals surface area contributed by atoms with Gasteiger partial charge in [0.1, 0.15) is 0 Å². The number of benzene rings is 4. The summed E-state index contributed by atoms with van der Waals surface area (Å²) < 4.78 is 15.0. The Morgan fingerprint density at radius 3 is 2.22 bits per heavy atom. The van der Waals surface area contributed by atoms with Gasteiger partial charge in [0.15, 0.2) is 6.29 Å².